The molecule has 1 saturated heterocycles. The van der Waals surface area contributed by atoms with Crippen molar-refractivity contribution in [2.75, 3.05) is 18.8 Å². The molecule has 2 rings (SSSR count). The highest BCUT2D eigenvalue weighted by Crippen LogP contribution is 2.13. The van der Waals surface area contributed by atoms with Crippen LogP contribution in [0.25, 0.3) is 0 Å². The SMILES string of the molecule is Cc1nc(S(=O)(=O)CC(=O)N2CC(C)OC(C)C2)n[nH]1. The molecule has 0 radical (unpaired) electrons. The number of carbonyl (C=O) groups excluding carboxylic acids is 1. The van der Waals surface area contributed by atoms with Crippen molar-refractivity contribution >= 4 is 15.7 Å². The lowest BCUT2D eigenvalue weighted by Gasteiger charge is -2.35. The van der Waals surface area contributed by atoms with Crippen LogP contribution in [0.2, 0.25) is 0 Å². The number of morpholine rings is 1. The van der Waals surface area contributed by atoms with Gasteiger partial charge in [-0.2, -0.15) is 0 Å². The largest absolute Gasteiger partial charge is 0.372 e. The van der Waals surface area contributed by atoms with E-state index in [1.807, 2.05) is 13.8 Å². The van der Waals surface area contributed by atoms with Gasteiger partial charge in [-0.15, -0.1) is 5.10 Å². The molecular formula is C11H18N4O4S. The van der Waals surface area contributed by atoms with Gasteiger partial charge in [-0.3, -0.25) is 9.89 Å². The van der Waals surface area contributed by atoms with Crippen molar-refractivity contribution in [2.45, 2.75) is 38.1 Å². The van der Waals surface area contributed by atoms with E-state index in [4.69, 9.17) is 4.74 Å². The summed E-state index contributed by atoms with van der Waals surface area (Å²) >= 11 is 0. The summed E-state index contributed by atoms with van der Waals surface area (Å²) in [5.74, 6) is -0.678. The van der Waals surface area contributed by atoms with Crippen LogP contribution in [0.3, 0.4) is 0 Å². The first-order chi connectivity index (χ1) is 9.28. The van der Waals surface area contributed by atoms with Crippen molar-refractivity contribution in [1.82, 2.24) is 20.1 Å². The summed E-state index contributed by atoms with van der Waals surface area (Å²) in [6, 6.07) is 0. The molecule has 1 aliphatic rings. The molecule has 1 aromatic heterocycles. The minimum atomic E-state index is -3.81. The Balaban J connectivity index is 2.07. The standard InChI is InChI=1S/C11H18N4O4S/c1-7-4-15(5-8(2)19-7)10(16)6-20(17,18)11-12-9(3)13-14-11/h7-8H,4-6H2,1-3H3,(H,12,13,14). The van der Waals surface area contributed by atoms with Crippen LogP contribution in [0, 0.1) is 6.92 Å². The second kappa shape index (κ2) is 5.49. The Bertz CT molecular complexity index is 587. The maximum atomic E-state index is 12.1. The zero-order valence-electron chi connectivity index (χ0n) is 11.7. The molecule has 1 aromatic rings. The number of aryl methyl sites for hydroxylation is 1. The molecule has 20 heavy (non-hydrogen) atoms. The smallest absolute Gasteiger partial charge is 0.267 e. The van der Waals surface area contributed by atoms with Gasteiger partial charge in [0.2, 0.25) is 15.7 Å². The Kier molecular flexibility index (Phi) is 4.09. The van der Waals surface area contributed by atoms with Crippen LogP contribution in [-0.4, -0.2) is 65.5 Å². The van der Waals surface area contributed by atoms with Gasteiger partial charge >= 0.3 is 0 Å². The van der Waals surface area contributed by atoms with Crippen LogP contribution in [0.15, 0.2) is 5.16 Å². The highest BCUT2D eigenvalue weighted by molar-refractivity contribution is 7.91. The van der Waals surface area contributed by atoms with Gasteiger partial charge in [-0.05, 0) is 20.8 Å². The van der Waals surface area contributed by atoms with Crippen LogP contribution >= 0.6 is 0 Å². The summed E-state index contributed by atoms with van der Waals surface area (Å²) in [5, 5.41) is 5.72. The molecule has 0 aromatic carbocycles. The fourth-order valence-corrected chi connectivity index (χ4v) is 3.26. The summed E-state index contributed by atoms with van der Waals surface area (Å²) in [7, 11) is -3.81. The predicted octanol–water partition coefficient (Wildman–Crippen LogP) is -0.477. The average Bonchev–Trinajstić information content (AvgIpc) is 2.75. The van der Waals surface area contributed by atoms with E-state index in [2.05, 4.69) is 15.2 Å². The van der Waals surface area contributed by atoms with Gasteiger partial charge in [-0.1, -0.05) is 0 Å². The van der Waals surface area contributed by atoms with E-state index in [-0.39, 0.29) is 17.4 Å². The van der Waals surface area contributed by atoms with Crippen LogP contribution < -0.4 is 0 Å². The third-order valence-electron chi connectivity index (χ3n) is 2.94. The van der Waals surface area contributed by atoms with Crippen LogP contribution in [-0.2, 0) is 19.4 Å². The van der Waals surface area contributed by atoms with Crippen LogP contribution in [0.4, 0.5) is 0 Å². The second-order valence-electron chi connectivity index (χ2n) is 5.02. The summed E-state index contributed by atoms with van der Waals surface area (Å²) in [6.07, 6.45) is -0.202. The fourth-order valence-electron chi connectivity index (χ4n) is 2.16. The maximum absolute atomic E-state index is 12.1. The molecule has 2 heterocycles. The van der Waals surface area contributed by atoms with Crippen molar-refractivity contribution in [3.05, 3.63) is 5.82 Å². The van der Waals surface area contributed by atoms with Crippen molar-refractivity contribution in [2.24, 2.45) is 0 Å². The zero-order valence-corrected chi connectivity index (χ0v) is 12.5. The van der Waals surface area contributed by atoms with Crippen molar-refractivity contribution < 1.29 is 17.9 Å². The molecule has 0 spiro atoms. The molecular weight excluding hydrogens is 284 g/mol. The number of nitrogens with one attached hydrogen (secondary N) is 1. The Morgan fingerprint density at radius 3 is 2.50 bits per heavy atom. The summed E-state index contributed by atoms with van der Waals surface area (Å²) in [6.45, 7) is 6.09. The molecule has 112 valence electrons. The topological polar surface area (TPSA) is 105 Å². The zero-order chi connectivity index (χ0) is 14.9. The Morgan fingerprint density at radius 1 is 1.40 bits per heavy atom. The minimum Gasteiger partial charge on any atom is -0.372 e. The van der Waals surface area contributed by atoms with E-state index in [0.29, 0.717) is 18.9 Å². The lowest BCUT2D eigenvalue weighted by Crippen LogP contribution is -2.49. The van der Waals surface area contributed by atoms with E-state index in [0.717, 1.165) is 0 Å². The quantitative estimate of drug-likeness (QED) is 0.808. The molecule has 0 saturated carbocycles. The monoisotopic (exact) mass is 302 g/mol. The number of hydrogen-bond donors (Lipinski definition) is 1. The van der Waals surface area contributed by atoms with Crippen LogP contribution in [0.5, 0.6) is 0 Å². The van der Waals surface area contributed by atoms with Crippen molar-refractivity contribution in [3.8, 4) is 0 Å². The molecule has 2 unspecified atom stereocenters. The lowest BCUT2D eigenvalue weighted by atomic mass is 10.2. The molecule has 1 N–H and O–H groups in total. The molecule has 0 bridgehead atoms. The number of amides is 1. The number of nitrogens with zero attached hydrogens (tertiary/aromatic N) is 3. The number of carbonyl (C=O) groups is 1. The van der Waals surface area contributed by atoms with Crippen LogP contribution in [0.1, 0.15) is 19.7 Å². The van der Waals surface area contributed by atoms with Gasteiger partial charge < -0.3 is 9.64 Å². The number of H-pyrrole nitrogens is 1. The van der Waals surface area contributed by atoms with E-state index < -0.39 is 21.5 Å². The normalized spacial score (nSPS) is 23.9. The van der Waals surface area contributed by atoms with Gasteiger partial charge in [0.1, 0.15) is 11.6 Å². The summed E-state index contributed by atoms with van der Waals surface area (Å²) < 4.78 is 29.6. The van der Waals surface area contributed by atoms with Gasteiger partial charge in [0.15, 0.2) is 0 Å². The Hall–Kier alpha value is -1.48. The third kappa shape index (κ3) is 3.34. The van der Waals surface area contributed by atoms with Crippen molar-refractivity contribution in [1.29, 1.82) is 0 Å². The van der Waals surface area contributed by atoms with Gasteiger partial charge in [0.05, 0.1) is 12.2 Å². The highest BCUT2D eigenvalue weighted by Gasteiger charge is 2.31. The average molecular weight is 302 g/mol. The highest BCUT2D eigenvalue weighted by atomic mass is 32.2. The van der Waals surface area contributed by atoms with E-state index >= 15 is 0 Å². The number of aromatic nitrogens is 3. The number of hydrogen-bond acceptors (Lipinski definition) is 6. The summed E-state index contributed by atoms with van der Waals surface area (Å²) in [5.41, 5.74) is 0. The lowest BCUT2D eigenvalue weighted by molar-refractivity contribution is -0.140. The first-order valence-electron chi connectivity index (χ1n) is 6.33. The molecule has 9 heteroatoms. The number of rotatable bonds is 3. The summed E-state index contributed by atoms with van der Waals surface area (Å²) in [4.78, 5) is 17.4. The number of aromatic amines is 1. The first kappa shape index (κ1) is 14.9. The van der Waals surface area contributed by atoms with Gasteiger partial charge in [-0.25, -0.2) is 13.4 Å². The Morgan fingerprint density at radius 2 is 2.00 bits per heavy atom. The molecule has 8 nitrogen and oxygen atoms in total. The molecule has 2 atom stereocenters. The molecule has 1 aliphatic heterocycles. The molecule has 0 aliphatic carbocycles. The predicted molar refractivity (Wildman–Crippen MR) is 69.8 cm³/mol. The Labute approximate surface area is 117 Å². The minimum absolute atomic E-state index is 0.101. The number of ether oxygens (including phenoxy) is 1. The van der Waals surface area contributed by atoms with Gasteiger partial charge in [0, 0.05) is 13.1 Å². The maximum Gasteiger partial charge on any atom is 0.267 e. The van der Waals surface area contributed by atoms with E-state index in [1.165, 1.54) is 4.90 Å². The molecule has 1 fully saturated rings. The van der Waals surface area contributed by atoms with E-state index in [9.17, 15) is 13.2 Å². The van der Waals surface area contributed by atoms with E-state index in [1.54, 1.807) is 6.92 Å². The first-order valence-corrected chi connectivity index (χ1v) is 7.98. The third-order valence-corrected chi connectivity index (χ3v) is 4.31. The van der Waals surface area contributed by atoms with Gasteiger partial charge in [0.25, 0.3) is 5.16 Å². The molecule has 1 amide bonds. The second-order valence-corrected chi connectivity index (χ2v) is 6.90. The fraction of sp³-hybridized carbons (Fsp3) is 0.727. The van der Waals surface area contributed by atoms with Crippen molar-refractivity contribution in [3.63, 3.8) is 0 Å². The number of sulfone groups is 1.